The van der Waals surface area contributed by atoms with Crippen molar-refractivity contribution < 1.29 is 0 Å². The molecule has 72 valence electrons. The van der Waals surface area contributed by atoms with Gasteiger partial charge >= 0.3 is 0 Å². The molecule has 0 amide bonds. The second kappa shape index (κ2) is 5.94. The second-order valence-electron chi connectivity index (χ2n) is 3.41. The third-order valence-corrected chi connectivity index (χ3v) is 1.87. The van der Waals surface area contributed by atoms with Crippen LogP contribution >= 0.6 is 0 Å². The molecule has 0 aromatic rings. The van der Waals surface area contributed by atoms with E-state index in [9.17, 15) is 0 Å². The molecule has 0 bridgehead atoms. The Morgan fingerprint density at radius 1 is 1.17 bits per heavy atom. The fourth-order valence-corrected chi connectivity index (χ4v) is 1.33. The maximum atomic E-state index is 4.91. The van der Waals surface area contributed by atoms with E-state index in [1.807, 2.05) is 0 Å². The summed E-state index contributed by atoms with van der Waals surface area (Å²) in [7, 11) is 0. The van der Waals surface area contributed by atoms with Crippen LogP contribution in [-0.4, -0.2) is 30.1 Å². The summed E-state index contributed by atoms with van der Waals surface area (Å²) in [5.74, 6) is 4.91. The first kappa shape index (κ1) is 11.4. The summed E-state index contributed by atoms with van der Waals surface area (Å²) in [6.07, 6.45) is 0. The van der Waals surface area contributed by atoms with Crippen LogP contribution in [0.25, 0.3) is 0 Å². The lowest BCUT2D eigenvalue weighted by Gasteiger charge is -2.29. The van der Waals surface area contributed by atoms with Gasteiger partial charge in [0, 0.05) is 18.6 Å². The molecule has 0 heterocycles. The van der Waals surface area contributed by atoms with Gasteiger partial charge in [-0.05, 0) is 27.7 Å². The minimum Gasteiger partial charge on any atom is -0.305 e. The SMILES string of the molecule is CC(C)N(CCN=NN)C(C)C. The van der Waals surface area contributed by atoms with E-state index in [1.54, 1.807) is 0 Å². The fraction of sp³-hybridized carbons (Fsp3) is 1.00. The summed E-state index contributed by atoms with van der Waals surface area (Å²) < 4.78 is 0. The molecule has 0 saturated heterocycles. The van der Waals surface area contributed by atoms with Gasteiger partial charge < -0.3 is 5.84 Å². The Morgan fingerprint density at radius 2 is 1.67 bits per heavy atom. The highest BCUT2D eigenvalue weighted by molar-refractivity contribution is 4.67. The molecular formula is C8H20N4. The van der Waals surface area contributed by atoms with Gasteiger partial charge in [0.1, 0.15) is 0 Å². The molecule has 4 heteroatoms. The highest BCUT2D eigenvalue weighted by Gasteiger charge is 2.11. The molecular weight excluding hydrogens is 152 g/mol. The lowest BCUT2D eigenvalue weighted by atomic mass is 10.2. The quantitative estimate of drug-likeness (QED) is 0.387. The van der Waals surface area contributed by atoms with E-state index < -0.39 is 0 Å². The first-order valence-corrected chi connectivity index (χ1v) is 4.42. The van der Waals surface area contributed by atoms with E-state index in [4.69, 9.17) is 5.84 Å². The Bertz CT molecular complexity index is 123. The molecule has 0 fully saturated rings. The van der Waals surface area contributed by atoms with Crippen LogP contribution in [0.15, 0.2) is 10.3 Å². The molecule has 0 atom stereocenters. The van der Waals surface area contributed by atoms with Gasteiger partial charge in [0.15, 0.2) is 0 Å². The molecule has 0 aliphatic rings. The Morgan fingerprint density at radius 3 is 2.00 bits per heavy atom. The summed E-state index contributed by atoms with van der Waals surface area (Å²) in [6.45, 7) is 10.3. The van der Waals surface area contributed by atoms with Gasteiger partial charge in [0.25, 0.3) is 0 Å². The molecule has 12 heavy (non-hydrogen) atoms. The molecule has 2 N–H and O–H groups in total. The summed E-state index contributed by atoms with van der Waals surface area (Å²) in [4.78, 5) is 2.36. The molecule has 0 rings (SSSR count). The maximum absolute atomic E-state index is 4.91. The zero-order valence-electron chi connectivity index (χ0n) is 8.49. The minimum atomic E-state index is 0.554. The Hall–Kier alpha value is -0.640. The van der Waals surface area contributed by atoms with Crippen LogP contribution in [0.5, 0.6) is 0 Å². The zero-order valence-corrected chi connectivity index (χ0v) is 8.49. The van der Waals surface area contributed by atoms with E-state index in [2.05, 4.69) is 42.9 Å². The minimum absolute atomic E-state index is 0.554. The van der Waals surface area contributed by atoms with Gasteiger partial charge in [0.2, 0.25) is 0 Å². The van der Waals surface area contributed by atoms with Crippen molar-refractivity contribution >= 4 is 0 Å². The summed E-state index contributed by atoms with van der Waals surface area (Å²) in [5, 5.41) is 6.96. The molecule has 0 saturated carbocycles. The number of nitrogens with zero attached hydrogens (tertiary/aromatic N) is 3. The molecule has 4 nitrogen and oxygen atoms in total. The van der Waals surface area contributed by atoms with Crippen molar-refractivity contribution in [1.29, 1.82) is 0 Å². The lowest BCUT2D eigenvalue weighted by molar-refractivity contribution is 0.180. The number of hydrogen-bond donors (Lipinski definition) is 1. The van der Waals surface area contributed by atoms with E-state index >= 15 is 0 Å². The highest BCUT2D eigenvalue weighted by Crippen LogP contribution is 2.03. The van der Waals surface area contributed by atoms with Crippen LogP contribution in [0, 0.1) is 0 Å². The first-order chi connectivity index (χ1) is 5.59. The number of hydrogen-bond acceptors (Lipinski definition) is 3. The average molecular weight is 172 g/mol. The third-order valence-electron chi connectivity index (χ3n) is 1.87. The van der Waals surface area contributed by atoms with Crippen molar-refractivity contribution in [2.75, 3.05) is 13.1 Å². The Balaban J connectivity index is 3.79. The molecule has 0 aliphatic carbocycles. The first-order valence-electron chi connectivity index (χ1n) is 4.42. The van der Waals surface area contributed by atoms with Gasteiger partial charge in [-0.15, -0.1) is 0 Å². The molecule has 0 aliphatic heterocycles. The van der Waals surface area contributed by atoms with Crippen molar-refractivity contribution in [2.24, 2.45) is 16.2 Å². The fourth-order valence-electron chi connectivity index (χ4n) is 1.33. The zero-order chi connectivity index (χ0) is 9.56. The van der Waals surface area contributed by atoms with Crippen molar-refractivity contribution in [3.8, 4) is 0 Å². The van der Waals surface area contributed by atoms with Gasteiger partial charge in [-0.25, -0.2) is 0 Å². The van der Waals surface area contributed by atoms with E-state index in [0.29, 0.717) is 18.6 Å². The Labute approximate surface area is 74.8 Å². The molecule has 0 unspecified atom stereocenters. The standard InChI is InChI=1S/C8H20N4/c1-7(2)12(8(3)4)6-5-10-11-9/h7-8H,5-6H2,1-4H3,(H2,9,10). The molecule has 0 spiro atoms. The van der Waals surface area contributed by atoms with E-state index in [1.165, 1.54) is 0 Å². The summed E-state index contributed by atoms with van der Waals surface area (Å²) >= 11 is 0. The van der Waals surface area contributed by atoms with Gasteiger partial charge in [0.05, 0.1) is 6.54 Å². The maximum Gasteiger partial charge on any atom is 0.0747 e. The van der Waals surface area contributed by atoms with Gasteiger partial charge in [-0.1, -0.05) is 5.22 Å². The number of rotatable bonds is 5. The average Bonchev–Trinajstić information content (AvgIpc) is 1.96. The van der Waals surface area contributed by atoms with E-state index in [-0.39, 0.29) is 0 Å². The van der Waals surface area contributed by atoms with Crippen LogP contribution in [-0.2, 0) is 0 Å². The second-order valence-corrected chi connectivity index (χ2v) is 3.41. The monoisotopic (exact) mass is 172 g/mol. The molecule has 0 aromatic heterocycles. The lowest BCUT2D eigenvalue weighted by Crippen LogP contribution is -2.38. The van der Waals surface area contributed by atoms with Crippen molar-refractivity contribution in [3.63, 3.8) is 0 Å². The highest BCUT2D eigenvalue weighted by atomic mass is 15.3. The predicted octanol–water partition coefficient (Wildman–Crippen LogP) is 1.43. The van der Waals surface area contributed by atoms with Crippen molar-refractivity contribution in [3.05, 3.63) is 0 Å². The summed E-state index contributed by atoms with van der Waals surface area (Å²) in [6, 6.07) is 1.11. The van der Waals surface area contributed by atoms with Crippen LogP contribution in [0.4, 0.5) is 0 Å². The predicted molar refractivity (Wildman–Crippen MR) is 50.9 cm³/mol. The van der Waals surface area contributed by atoms with Crippen molar-refractivity contribution in [2.45, 2.75) is 39.8 Å². The van der Waals surface area contributed by atoms with Crippen LogP contribution < -0.4 is 5.84 Å². The van der Waals surface area contributed by atoms with Crippen LogP contribution in [0.3, 0.4) is 0 Å². The Kier molecular flexibility index (Phi) is 5.62. The topological polar surface area (TPSA) is 54.0 Å². The van der Waals surface area contributed by atoms with Crippen molar-refractivity contribution in [1.82, 2.24) is 4.90 Å². The van der Waals surface area contributed by atoms with Gasteiger partial charge in [-0.3, -0.25) is 4.90 Å². The van der Waals surface area contributed by atoms with Crippen LogP contribution in [0.1, 0.15) is 27.7 Å². The number of nitrogens with two attached hydrogens (primary N) is 1. The summed E-state index contributed by atoms with van der Waals surface area (Å²) in [5.41, 5.74) is 0. The van der Waals surface area contributed by atoms with Gasteiger partial charge in [-0.2, -0.15) is 5.11 Å². The van der Waals surface area contributed by atoms with E-state index in [0.717, 1.165) is 6.54 Å². The smallest absolute Gasteiger partial charge is 0.0747 e. The van der Waals surface area contributed by atoms with Crippen LogP contribution in [0.2, 0.25) is 0 Å². The largest absolute Gasteiger partial charge is 0.305 e. The molecule has 0 aromatic carbocycles. The third kappa shape index (κ3) is 4.28. The normalized spacial score (nSPS) is 12.6. The molecule has 0 radical (unpaired) electrons.